The molecule has 0 aliphatic heterocycles. The summed E-state index contributed by atoms with van der Waals surface area (Å²) < 4.78 is 0. The summed E-state index contributed by atoms with van der Waals surface area (Å²) in [7, 11) is 1.78. The van der Waals surface area contributed by atoms with Gasteiger partial charge in [-0.3, -0.25) is 4.79 Å². The Labute approximate surface area is 67.3 Å². The van der Waals surface area contributed by atoms with Gasteiger partial charge in [0, 0.05) is 20.5 Å². The minimum absolute atomic E-state index is 0.0310. The molecule has 1 N–H and O–H groups in total. The molecule has 0 radical (unpaired) electrons. The van der Waals surface area contributed by atoms with E-state index < -0.39 is 0 Å². The lowest BCUT2D eigenvalue weighted by Crippen LogP contribution is -2.25. The van der Waals surface area contributed by atoms with E-state index in [1.165, 1.54) is 6.92 Å². The highest BCUT2D eigenvalue weighted by Crippen LogP contribution is 2.00. The largest absolute Gasteiger partial charge is 0.395 e. The second kappa shape index (κ2) is 4.91. The zero-order valence-electron chi connectivity index (χ0n) is 7.29. The number of hydrogen-bond donors (Lipinski definition) is 1. The molecule has 0 aromatic heterocycles. The summed E-state index contributed by atoms with van der Waals surface area (Å²) in [6.45, 7) is 3.90. The molecule has 64 valence electrons. The summed E-state index contributed by atoms with van der Waals surface area (Å²) >= 11 is 0. The Hall–Kier alpha value is -0.830. The molecule has 0 aliphatic rings. The number of allylic oxidation sites excluding steroid dienone is 2. The van der Waals surface area contributed by atoms with Crippen molar-refractivity contribution >= 4 is 5.78 Å². The number of carbonyl (C=O) groups is 1. The summed E-state index contributed by atoms with van der Waals surface area (Å²) in [5.41, 5.74) is 0.652. The maximum absolute atomic E-state index is 10.9. The summed E-state index contributed by atoms with van der Waals surface area (Å²) in [4.78, 5) is 12.6. The van der Waals surface area contributed by atoms with Gasteiger partial charge in [0.05, 0.1) is 12.3 Å². The number of aliphatic hydroxyl groups excluding tert-OH is 1. The van der Waals surface area contributed by atoms with Gasteiger partial charge in [-0.05, 0) is 6.92 Å². The molecule has 0 fully saturated rings. The molecule has 0 aliphatic carbocycles. The van der Waals surface area contributed by atoms with Gasteiger partial charge < -0.3 is 10.0 Å². The molecule has 0 atom stereocenters. The van der Waals surface area contributed by atoms with Crippen molar-refractivity contribution in [2.45, 2.75) is 13.8 Å². The Morgan fingerprint density at radius 2 is 2.18 bits per heavy atom. The first-order chi connectivity index (χ1) is 5.13. The number of likely N-dealkylation sites (N-methyl/N-ethyl adjacent to an activating group) is 1. The topological polar surface area (TPSA) is 40.5 Å². The van der Waals surface area contributed by atoms with Crippen LogP contribution in [-0.4, -0.2) is 36.0 Å². The molecule has 0 saturated heterocycles. The van der Waals surface area contributed by atoms with Gasteiger partial charge in [0.15, 0.2) is 5.78 Å². The highest BCUT2D eigenvalue weighted by Gasteiger charge is 2.06. The van der Waals surface area contributed by atoms with Crippen molar-refractivity contribution in [2.24, 2.45) is 0 Å². The van der Waals surface area contributed by atoms with E-state index in [4.69, 9.17) is 5.11 Å². The van der Waals surface area contributed by atoms with Gasteiger partial charge in [-0.2, -0.15) is 0 Å². The molecule has 0 spiro atoms. The predicted molar refractivity (Wildman–Crippen MR) is 44.2 cm³/mol. The third-order valence-electron chi connectivity index (χ3n) is 1.48. The Bertz CT molecular complexity index is 163. The molecule has 0 unspecified atom stereocenters. The lowest BCUT2D eigenvalue weighted by atomic mass is 10.3. The molecule has 0 saturated carbocycles. The summed E-state index contributed by atoms with van der Waals surface area (Å²) in [5.74, 6) is 0.0310. The molecule has 0 rings (SSSR count). The minimum Gasteiger partial charge on any atom is -0.395 e. The van der Waals surface area contributed by atoms with Crippen LogP contribution >= 0.6 is 0 Å². The van der Waals surface area contributed by atoms with Crippen LogP contribution < -0.4 is 0 Å². The number of aliphatic hydroxyl groups is 1. The summed E-state index contributed by atoms with van der Waals surface area (Å²) in [6.07, 6.45) is 1.75. The normalized spacial score (nSPS) is 11.5. The molecule has 0 heterocycles. The number of rotatable bonds is 4. The smallest absolute Gasteiger partial charge is 0.175 e. The first-order valence-corrected chi connectivity index (χ1v) is 3.62. The SMILES string of the molecule is C/C=C(\C(C)=O)N(C)CCO. The number of nitrogens with zero attached hydrogens (tertiary/aromatic N) is 1. The van der Waals surface area contributed by atoms with Crippen LogP contribution in [0.2, 0.25) is 0 Å². The molecule has 0 amide bonds. The van der Waals surface area contributed by atoms with Crippen LogP contribution in [0.1, 0.15) is 13.8 Å². The van der Waals surface area contributed by atoms with Gasteiger partial charge in [0.25, 0.3) is 0 Å². The van der Waals surface area contributed by atoms with Crippen molar-refractivity contribution in [2.75, 3.05) is 20.2 Å². The van der Waals surface area contributed by atoms with E-state index in [1.54, 1.807) is 18.0 Å². The monoisotopic (exact) mass is 157 g/mol. The van der Waals surface area contributed by atoms with Crippen molar-refractivity contribution in [1.29, 1.82) is 0 Å². The van der Waals surface area contributed by atoms with Gasteiger partial charge in [-0.25, -0.2) is 0 Å². The standard InChI is InChI=1S/C8H15NO2/c1-4-8(7(2)11)9(3)5-6-10/h4,10H,5-6H2,1-3H3/b8-4+. The maximum Gasteiger partial charge on any atom is 0.175 e. The lowest BCUT2D eigenvalue weighted by molar-refractivity contribution is -0.115. The van der Waals surface area contributed by atoms with Crippen molar-refractivity contribution in [3.63, 3.8) is 0 Å². The molecule has 11 heavy (non-hydrogen) atoms. The molecule has 3 nitrogen and oxygen atoms in total. The fourth-order valence-corrected chi connectivity index (χ4v) is 0.963. The van der Waals surface area contributed by atoms with Crippen LogP contribution in [0.15, 0.2) is 11.8 Å². The summed E-state index contributed by atoms with van der Waals surface area (Å²) in [5, 5.41) is 8.58. The quantitative estimate of drug-likeness (QED) is 0.601. The van der Waals surface area contributed by atoms with Gasteiger partial charge >= 0.3 is 0 Å². The van der Waals surface area contributed by atoms with Gasteiger partial charge in [0.2, 0.25) is 0 Å². The third kappa shape index (κ3) is 3.18. The highest BCUT2D eigenvalue weighted by molar-refractivity contribution is 5.92. The number of hydrogen-bond acceptors (Lipinski definition) is 3. The van der Waals surface area contributed by atoms with Crippen molar-refractivity contribution in [1.82, 2.24) is 4.90 Å². The maximum atomic E-state index is 10.9. The van der Waals surface area contributed by atoms with E-state index in [2.05, 4.69) is 0 Å². The number of Topliss-reactive ketones (excluding diaryl/α,β-unsaturated/α-hetero) is 1. The molecular weight excluding hydrogens is 142 g/mol. The van der Waals surface area contributed by atoms with E-state index >= 15 is 0 Å². The van der Waals surface area contributed by atoms with Gasteiger partial charge in [-0.1, -0.05) is 6.08 Å². The van der Waals surface area contributed by atoms with E-state index in [9.17, 15) is 4.79 Å². The molecular formula is C8H15NO2. The van der Waals surface area contributed by atoms with Crippen LogP contribution in [-0.2, 0) is 4.79 Å². The van der Waals surface area contributed by atoms with Crippen LogP contribution in [0.3, 0.4) is 0 Å². The van der Waals surface area contributed by atoms with Gasteiger partial charge in [0.1, 0.15) is 0 Å². The first-order valence-electron chi connectivity index (χ1n) is 3.62. The van der Waals surface area contributed by atoms with Crippen LogP contribution in [0.5, 0.6) is 0 Å². The second-order valence-electron chi connectivity index (χ2n) is 2.38. The average Bonchev–Trinajstić information content (AvgIpc) is 1.88. The Balaban J connectivity index is 4.16. The van der Waals surface area contributed by atoms with E-state index in [0.29, 0.717) is 12.2 Å². The zero-order valence-corrected chi connectivity index (χ0v) is 7.29. The highest BCUT2D eigenvalue weighted by atomic mass is 16.3. The van der Waals surface area contributed by atoms with Crippen molar-refractivity contribution in [3.8, 4) is 0 Å². The van der Waals surface area contributed by atoms with Crippen molar-refractivity contribution in [3.05, 3.63) is 11.8 Å². The van der Waals surface area contributed by atoms with E-state index in [-0.39, 0.29) is 12.4 Å². The zero-order chi connectivity index (χ0) is 8.85. The van der Waals surface area contributed by atoms with Crippen LogP contribution in [0, 0.1) is 0 Å². The Morgan fingerprint density at radius 1 is 1.64 bits per heavy atom. The third-order valence-corrected chi connectivity index (χ3v) is 1.48. The molecule has 0 bridgehead atoms. The van der Waals surface area contributed by atoms with Crippen LogP contribution in [0.25, 0.3) is 0 Å². The molecule has 0 aromatic rings. The van der Waals surface area contributed by atoms with Crippen molar-refractivity contribution < 1.29 is 9.90 Å². The average molecular weight is 157 g/mol. The Morgan fingerprint density at radius 3 is 2.45 bits per heavy atom. The lowest BCUT2D eigenvalue weighted by Gasteiger charge is -2.18. The predicted octanol–water partition coefficient (Wildman–Crippen LogP) is 0.403. The molecule has 0 aromatic carbocycles. The molecule has 3 heteroatoms. The van der Waals surface area contributed by atoms with Gasteiger partial charge in [-0.15, -0.1) is 0 Å². The second-order valence-corrected chi connectivity index (χ2v) is 2.38. The van der Waals surface area contributed by atoms with E-state index in [0.717, 1.165) is 0 Å². The number of ketones is 1. The fourth-order valence-electron chi connectivity index (χ4n) is 0.963. The Kier molecular flexibility index (Phi) is 4.54. The number of carbonyl (C=O) groups excluding carboxylic acids is 1. The minimum atomic E-state index is 0.0310. The fraction of sp³-hybridized carbons (Fsp3) is 0.625. The van der Waals surface area contributed by atoms with E-state index in [1.807, 2.05) is 6.92 Å². The first kappa shape index (κ1) is 10.2. The summed E-state index contributed by atoms with van der Waals surface area (Å²) in [6, 6.07) is 0. The van der Waals surface area contributed by atoms with Crippen LogP contribution in [0.4, 0.5) is 0 Å².